The molecule has 6 nitrogen and oxygen atoms in total. The summed E-state index contributed by atoms with van der Waals surface area (Å²) >= 11 is 0. The first kappa shape index (κ1) is 22.6. The molecular weight excluding hydrogens is 426 g/mol. The lowest BCUT2D eigenvalue weighted by atomic mass is 9.73. The second-order valence-corrected chi connectivity index (χ2v) is 9.68. The molecular formula is C28H31N3O3. The average Bonchev–Trinajstić information content (AvgIpc) is 2.86. The molecule has 0 radical (unpaired) electrons. The lowest BCUT2D eigenvalue weighted by Gasteiger charge is -2.58. The number of aliphatic hydroxyl groups is 1. The Morgan fingerprint density at radius 2 is 1.91 bits per heavy atom. The van der Waals surface area contributed by atoms with Crippen LogP contribution in [0.3, 0.4) is 0 Å². The summed E-state index contributed by atoms with van der Waals surface area (Å²) in [5.74, 6) is 7.11. The molecule has 3 aliphatic rings. The van der Waals surface area contributed by atoms with E-state index in [-0.39, 0.29) is 49.4 Å². The molecule has 0 unspecified atom stereocenters. The minimum Gasteiger partial charge on any atom is -0.394 e. The fourth-order valence-electron chi connectivity index (χ4n) is 5.70. The molecule has 1 aliphatic carbocycles. The van der Waals surface area contributed by atoms with Crippen molar-refractivity contribution in [2.24, 2.45) is 5.92 Å². The van der Waals surface area contributed by atoms with Crippen molar-refractivity contribution in [2.75, 3.05) is 19.7 Å². The molecule has 3 atom stereocenters. The van der Waals surface area contributed by atoms with Crippen LogP contribution in [0.4, 0.5) is 0 Å². The third-order valence-corrected chi connectivity index (χ3v) is 7.50. The van der Waals surface area contributed by atoms with Gasteiger partial charge in [0.2, 0.25) is 11.8 Å². The second-order valence-electron chi connectivity index (χ2n) is 9.68. The van der Waals surface area contributed by atoms with Crippen LogP contribution in [-0.4, -0.2) is 63.5 Å². The van der Waals surface area contributed by atoms with Crippen molar-refractivity contribution in [1.29, 1.82) is 0 Å². The first-order valence-electron chi connectivity index (χ1n) is 12.3. The SMILES string of the molecule is O=C(Cc1cccnc1)N1CC(=O)N2[C@H](C1)[C@H](c1ccc(C#CC3CCCCC3)cc1)[C@@H]2CO. The van der Waals surface area contributed by atoms with Gasteiger partial charge < -0.3 is 14.9 Å². The number of fused-ring (bicyclic) bond motifs is 1. The third kappa shape index (κ3) is 4.58. The summed E-state index contributed by atoms with van der Waals surface area (Å²) in [6.07, 6.45) is 9.88. The number of amides is 2. The van der Waals surface area contributed by atoms with Crippen LogP contribution in [0.5, 0.6) is 0 Å². The topological polar surface area (TPSA) is 73.7 Å². The van der Waals surface area contributed by atoms with Gasteiger partial charge >= 0.3 is 0 Å². The first-order valence-corrected chi connectivity index (χ1v) is 12.3. The number of rotatable bonds is 4. The minimum absolute atomic E-state index is 0.00305. The number of nitrogens with zero attached hydrogens (tertiary/aromatic N) is 3. The molecule has 5 rings (SSSR count). The summed E-state index contributed by atoms with van der Waals surface area (Å²) in [6.45, 7) is 0.462. The quantitative estimate of drug-likeness (QED) is 0.717. The molecule has 1 N–H and O–H groups in total. The summed E-state index contributed by atoms with van der Waals surface area (Å²) in [7, 11) is 0. The Labute approximate surface area is 201 Å². The molecule has 0 bridgehead atoms. The Hall–Kier alpha value is -3.17. The molecule has 34 heavy (non-hydrogen) atoms. The third-order valence-electron chi connectivity index (χ3n) is 7.50. The maximum atomic E-state index is 12.9. The van der Waals surface area contributed by atoms with Crippen molar-refractivity contribution >= 4 is 11.8 Å². The van der Waals surface area contributed by atoms with Crippen LogP contribution in [0.2, 0.25) is 0 Å². The highest BCUT2D eigenvalue weighted by Crippen LogP contribution is 2.43. The van der Waals surface area contributed by atoms with E-state index < -0.39 is 0 Å². The molecule has 1 aromatic carbocycles. The number of hydrogen-bond donors (Lipinski definition) is 1. The summed E-state index contributed by atoms with van der Waals surface area (Å²) in [4.78, 5) is 33.2. The van der Waals surface area contributed by atoms with Crippen molar-refractivity contribution in [2.45, 2.75) is 56.5 Å². The summed E-state index contributed by atoms with van der Waals surface area (Å²) in [5.41, 5.74) is 2.92. The molecule has 6 heteroatoms. The highest BCUT2D eigenvalue weighted by molar-refractivity contribution is 5.88. The fraction of sp³-hybridized carbons (Fsp3) is 0.464. The van der Waals surface area contributed by atoms with E-state index in [4.69, 9.17) is 0 Å². The summed E-state index contributed by atoms with van der Waals surface area (Å²) in [5, 5.41) is 10.0. The van der Waals surface area contributed by atoms with Gasteiger partial charge in [-0.25, -0.2) is 0 Å². The Morgan fingerprint density at radius 3 is 2.62 bits per heavy atom. The Bertz CT molecular complexity index is 1080. The van der Waals surface area contributed by atoms with Crippen molar-refractivity contribution in [3.63, 3.8) is 0 Å². The van der Waals surface area contributed by atoms with Gasteiger partial charge in [-0.15, -0.1) is 0 Å². The predicted octanol–water partition coefficient (Wildman–Crippen LogP) is 2.75. The number of carbonyl (C=O) groups excluding carboxylic acids is 2. The highest BCUT2D eigenvalue weighted by atomic mass is 16.3. The van der Waals surface area contributed by atoms with E-state index in [1.807, 2.05) is 24.3 Å². The average molecular weight is 458 g/mol. The Balaban J connectivity index is 1.28. The smallest absolute Gasteiger partial charge is 0.242 e. The van der Waals surface area contributed by atoms with Gasteiger partial charge in [0.1, 0.15) is 0 Å². The largest absolute Gasteiger partial charge is 0.394 e. The van der Waals surface area contributed by atoms with Crippen LogP contribution in [-0.2, 0) is 16.0 Å². The van der Waals surface area contributed by atoms with Crippen LogP contribution >= 0.6 is 0 Å². The van der Waals surface area contributed by atoms with Crippen molar-refractivity contribution in [3.8, 4) is 11.8 Å². The Kier molecular flexibility index (Phi) is 6.64. The van der Waals surface area contributed by atoms with Crippen molar-refractivity contribution < 1.29 is 14.7 Å². The summed E-state index contributed by atoms with van der Waals surface area (Å²) < 4.78 is 0. The first-order chi connectivity index (χ1) is 16.6. The zero-order valence-corrected chi connectivity index (χ0v) is 19.4. The van der Waals surface area contributed by atoms with Gasteiger partial charge in [-0.3, -0.25) is 14.6 Å². The monoisotopic (exact) mass is 457 g/mol. The van der Waals surface area contributed by atoms with E-state index >= 15 is 0 Å². The fourth-order valence-corrected chi connectivity index (χ4v) is 5.70. The predicted molar refractivity (Wildman–Crippen MR) is 129 cm³/mol. The lowest BCUT2D eigenvalue weighted by Crippen LogP contribution is -2.73. The van der Waals surface area contributed by atoms with Gasteiger partial charge in [-0.2, -0.15) is 0 Å². The number of benzene rings is 1. The van der Waals surface area contributed by atoms with Crippen LogP contribution in [0.25, 0.3) is 0 Å². The highest BCUT2D eigenvalue weighted by Gasteiger charge is 2.54. The van der Waals surface area contributed by atoms with Crippen molar-refractivity contribution in [1.82, 2.24) is 14.8 Å². The molecule has 1 aromatic heterocycles. The normalized spacial score (nSPS) is 24.6. The number of piperazine rings is 1. The zero-order valence-electron chi connectivity index (χ0n) is 19.4. The van der Waals surface area contributed by atoms with E-state index in [1.54, 1.807) is 22.2 Å². The number of carbonyl (C=O) groups is 2. The summed E-state index contributed by atoms with van der Waals surface area (Å²) in [6, 6.07) is 11.5. The molecule has 2 amide bonds. The van der Waals surface area contributed by atoms with Crippen LogP contribution in [0.1, 0.15) is 54.7 Å². The molecule has 3 fully saturated rings. The van der Waals surface area contributed by atoms with Gasteiger partial charge in [0.15, 0.2) is 0 Å². The number of aliphatic hydroxyl groups excluding tert-OH is 1. The zero-order chi connectivity index (χ0) is 23.5. The van der Waals surface area contributed by atoms with Gasteiger partial charge in [-0.05, 0) is 42.2 Å². The van der Waals surface area contributed by atoms with E-state index in [2.05, 4.69) is 29.0 Å². The number of hydrogen-bond acceptors (Lipinski definition) is 4. The molecule has 176 valence electrons. The van der Waals surface area contributed by atoms with Crippen molar-refractivity contribution in [3.05, 3.63) is 65.5 Å². The van der Waals surface area contributed by atoms with E-state index in [0.717, 1.165) is 16.7 Å². The van der Waals surface area contributed by atoms with Gasteiger partial charge in [-0.1, -0.05) is 49.3 Å². The van der Waals surface area contributed by atoms with Crippen LogP contribution in [0.15, 0.2) is 48.8 Å². The van der Waals surface area contributed by atoms with E-state index in [1.165, 1.54) is 32.1 Å². The number of aromatic nitrogens is 1. The number of pyridine rings is 1. The second kappa shape index (κ2) is 9.99. The Morgan fingerprint density at radius 1 is 1.12 bits per heavy atom. The van der Waals surface area contributed by atoms with Crippen LogP contribution < -0.4 is 0 Å². The van der Waals surface area contributed by atoms with Gasteiger partial charge in [0.05, 0.1) is 31.7 Å². The molecule has 1 saturated carbocycles. The molecule has 0 spiro atoms. The van der Waals surface area contributed by atoms with E-state index in [0.29, 0.717) is 12.5 Å². The van der Waals surface area contributed by atoms with E-state index in [9.17, 15) is 14.7 Å². The maximum absolute atomic E-state index is 12.9. The van der Waals surface area contributed by atoms with Gasteiger partial charge in [0.25, 0.3) is 0 Å². The molecule has 2 saturated heterocycles. The molecule has 2 aliphatic heterocycles. The lowest BCUT2D eigenvalue weighted by molar-refractivity contribution is -0.166. The maximum Gasteiger partial charge on any atom is 0.242 e. The molecule has 3 heterocycles. The van der Waals surface area contributed by atoms with Gasteiger partial charge in [0, 0.05) is 36.3 Å². The minimum atomic E-state index is -0.243. The van der Waals surface area contributed by atoms with Crippen LogP contribution in [0, 0.1) is 17.8 Å². The molecule has 2 aromatic rings. The standard InChI is InChI=1S/C28H31N3O3/c32-19-25-28(23-12-10-21(11-13-23)9-8-20-5-2-1-3-6-20)24-17-30(18-27(34)31(24)25)26(33)15-22-7-4-14-29-16-22/h4,7,10-14,16,20,24-25,28,32H,1-3,5-6,15,17-19H2/t24-,25+,28+/m1/s1.